The fourth-order valence-corrected chi connectivity index (χ4v) is 2.05. The minimum Gasteiger partial charge on any atom is -0.497 e. The maximum absolute atomic E-state index is 12.4. The number of anilines is 2. The zero-order valence-electron chi connectivity index (χ0n) is 12.3. The number of aryl methyl sites for hydroxylation is 1. The maximum atomic E-state index is 12.4. The van der Waals surface area contributed by atoms with Crippen LogP contribution in [0.25, 0.3) is 0 Å². The Morgan fingerprint density at radius 1 is 1.14 bits per heavy atom. The molecule has 5 nitrogen and oxygen atoms in total. The molecule has 110 valence electrons. The molecular weight excluding hydrogens is 268 g/mol. The Kier molecular flexibility index (Phi) is 4.33. The van der Waals surface area contributed by atoms with Crippen LogP contribution in [0.2, 0.25) is 0 Å². The number of hydrogen-bond acceptors (Lipinski definition) is 4. The average Bonchev–Trinajstić information content (AvgIpc) is 2.48. The molecule has 0 bridgehead atoms. The Morgan fingerprint density at radius 2 is 1.90 bits per heavy atom. The van der Waals surface area contributed by atoms with Gasteiger partial charge in [-0.1, -0.05) is 6.07 Å². The summed E-state index contributed by atoms with van der Waals surface area (Å²) in [5.74, 6) is 0.874. The molecule has 0 unspecified atom stereocenters. The first-order chi connectivity index (χ1) is 10.1. The predicted octanol–water partition coefficient (Wildman–Crippen LogP) is 2.85. The van der Waals surface area contributed by atoms with Crippen molar-refractivity contribution in [3.63, 3.8) is 0 Å². The highest BCUT2D eigenvalue weighted by molar-refractivity contribution is 6.10. The molecule has 2 rings (SSSR count). The van der Waals surface area contributed by atoms with Crippen LogP contribution in [0.15, 0.2) is 36.4 Å². The Bertz CT molecular complexity index is 669. The lowest BCUT2D eigenvalue weighted by molar-refractivity contribution is 0.102. The largest absolute Gasteiger partial charge is 0.497 e. The van der Waals surface area contributed by atoms with E-state index in [2.05, 4.69) is 5.32 Å². The van der Waals surface area contributed by atoms with Gasteiger partial charge in [-0.15, -0.1) is 0 Å². The minimum absolute atomic E-state index is 0.307. The van der Waals surface area contributed by atoms with Crippen molar-refractivity contribution in [1.29, 1.82) is 0 Å². The average molecular weight is 286 g/mol. The molecule has 0 saturated heterocycles. The number of methoxy groups -OCH3 is 2. The van der Waals surface area contributed by atoms with Crippen molar-refractivity contribution in [3.8, 4) is 11.5 Å². The van der Waals surface area contributed by atoms with Gasteiger partial charge in [0.1, 0.15) is 17.1 Å². The summed E-state index contributed by atoms with van der Waals surface area (Å²) in [5.41, 5.74) is 8.18. The van der Waals surface area contributed by atoms with Gasteiger partial charge in [0, 0.05) is 11.4 Å². The predicted molar refractivity (Wildman–Crippen MR) is 83.1 cm³/mol. The lowest BCUT2D eigenvalue weighted by Crippen LogP contribution is -2.16. The van der Waals surface area contributed by atoms with Crippen molar-refractivity contribution in [3.05, 3.63) is 47.5 Å². The van der Waals surface area contributed by atoms with E-state index in [0.29, 0.717) is 22.7 Å². The number of carbonyl (C=O) groups is 1. The quantitative estimate of drug-likeness (QED) is 0.848. The summed E-state index contributed by atoms with van der Waals surface area (Å²) >= 11 is 0. The number of nitrogens with two attached hydrogens (primary N) is 1. The van der Waals surface area contributed by atoms with Crippen LogP contribution in [0.3, 0.4) is 0 Å². The van der Waals surface area contributed by atoms with Gasteiger partial charge in [0.05, 0.1) is 14.2 Å². The summed E-state index contributed by atoms with van der Waals surface area (Å²) in [6.07, 6.45) is 0. The molecule has 2 aromatic rings. The van der Waals surface area contributed by atoms with E-state index in [1.165, 1.54) is 7.11 Å². The van der Waals surface area contributed by atoms with E-state index in [1.54, 1.807) is 37.4 Å². The number of amides is 1. The number of hydrogen-bond donors (Lipinski definition) is 2. The highest BCUT2D eigenvalue weighted by Crippen LogP contribution is 2.27. The second-order valence-electron chi connectivity index (χ2n) is 4.56. The molecule has 0 aliphatic carbocycles. The first-order valence-electron chi connectivity index (χ1n) is 6.45. The van der Waals surface area contributed by atoms with Gasteiger partial charge in [-0.3, -0.25) is 4.79 Å². The van der Waals surface area contributed by atoms with Gasteiger partial charge in [-0.2, -0.15) is 0 Å². The molecule has 0 spiro atoms. The minimum atomic E-state index is -0.307. The molecule has 0 atom stereocenters. The SMILES string of the molecule is COc1ccc(NC(=O)c2c(N)cccc2OC)c(C)c1. The van der Waals surface area contributed by atoms with Gasteiger partial charge in [0.15, 0.2) is 0 Å². The smallest absolute Gasteiger partial charge is 0.261 e. The van der Waals surface area contributed by atoms with E-state index in [0.717, 1.165) is 11.3 Å². The third kappa shape index (κ3) is 3.08. The highest BCUT2D eigenvalue weighted by atomic mass is 16.5. The third-order valence-electron chi connectivity index (χ3n) is 3.19. The fraction of sp³-hybridized carbons (Fsp3) is 0.188. The Morgan fingerprint density at radius 3 is 2.52 bits per heavy atom. The lowest BCUT2D eigenvalue weighted by Gasteiger charge is -2.13. The van der Waals surface area contributed by atoms with Crippen LogP contribution in [0.1, 0.15) is 15.9 Å². The molecule has 1 amide bonds. The molecule has 3 N–H and O–H groups in total. The van der Waals surface area contributed by atoms with Gasteiger partial charge in [-0.05, 0) is 42.8 Å². The number of nitrogens with one attached hydrogen (secondary N) is 1. The van der Waals surface area contributed by atoms with Crippen molar-refractivity contribution >= 4 is 17.3 Å². The monoisotopic (exact) mass is 286 g/mol. The number of rotatable bonds is 4. The first-order valence-corrected chi connectivity index (χ1v) is 6.45. The Hall–Kier alpha value is -2.69. The van der Waals surface area contributed by atoms with Crippen molar-refractivity contribution in [2.75, 3.05) is 25.3 Å². The molecule has 0 aromatic heterocycles. The Labute approximate surface area is 123 Å². The summed E-state index contributed by atoms with van der Waals surface area (Å²) in [4.78, 5) is 12.4. The van der Waals surface area contributed by atoms with Crippen molar-refractivity contribution < 1.29 is 14.3 Å². The summed E-state index contributed by atoms with van der Waals surface area (Å²) in [7, 11) is 3.10. The van der Waals surface area contributed by atoms with E-state index in [-0.39, 0.29) is 5.91 Å². The van der Waals surface area contributed by atoms with Crippen LogP contribution in [0.4, 0.5) is 11.4 Å². The second kappa shape index (κ2) is 6.17. The normalized spacial score (nSPS) is 10.0. The van der Waals surface area contributed by atoms with Crippen LogP contribution in [0.5, 0.6) is 11.5 Å². The fourth-order valence-electron chi connectivity index (χ4n) is 2.05. The standard InChI is InChI=1S/C16H18N2O3/c1-10-9-11(20-2)7-8-13(10)18-16(19)15-12(17)5-4-6-14(15)21-3/h4-9H,17H2,1-3H3,(H,18,19). The summed E-state index contributed by atoms with van der Waals surface area (Å²) < 4.78 is 10.3. The molecule has 0 fully saturated rings. The molecule has 0 radical (unpaired) electrons. The van der Waals surface area contributed by atoms with Crippen LogP contribution in [-0.4, -0.2) is 20.1 Å². The van der Waals surface area contributed by atoms with E-state index >= 15 is 0 Å². The van der Waals surface area contributed by atoms with Gasteiger partial charge >= 0.3 is 0 Å². The molecule has 5 heteroatoms. The molecule has 0 heterocycles. The van der Waals surface area contributed by atoms with Gasteiger partial charge in [0.25, 0.3) is 5.91 Å². The zero-order chi connectivity index (χ0) is 15.4. The second-order valence-corrected chi connectivity index (χ2v) is 4.56. The van der Waals surface area contributed by atoms with Gasteiger partial charge in [0.2, 0.25) is 0 Å². The van der Waals surface area contributed by atoms with E-state index < -0.39 is 0 Å². The van der Waals surface area contributed by atoms with Crippen molar-refractivity contribution in [2.24, 2.45) is 0 Å². The van der Waals surface area contributed by atoms with Crippen LogP contribution in [0, 0.1) is 6.92 Å². The molecule has 2 aromatic carbocycles. The highest BCUT2D eigenvalue weighted by Gasteiger charge is 2.16. The van der Waals surface area contributed by atoms with Crippen molar-refractivity contribution in [1.82, 2.24) is 0 Å². The zero-order valence-corrected chi connectivity index (χ0v) is 12.3. The number of ether oxygens (including phenoxy) is 2. The summed E-state index contributed by atoms with van der Waals surface area (Å²) in [6.45, 7) is 1.89. The van der Waals surface area contributed by atoms with E-state index in [9.17, 15) is 4.79 Å². The third-order valence-corrected chi connectivity index (χ3v) is 3.19. The van der Waals surface area contributed by atoms with Gasteiger partial charge < -0.3 is 20.5 Å². The number of carbonyl (C=O) groups excluding carboxylic acids is 1. The molecule has 0 saturated carbocycles. The molecule has 0 aliphatic rings. The Balaban J connectivity index is 2.30. The van der Waals surface area contributed by atoms with E-state index in [4.69, 9.17) is 15.2 Å². The number of benzene rings is 2. The number of nitrogen functional groups attached to an aromatic ring is 1. The summed E-state index contributed by atoms with van der Waals surface area (Å²) in [6, 6.07) is 10.5. The molecule has 0 aliphatic heterocycles. The van der Waals surface area contributed by atoms with Crippen molar-refractivity contribution in [2.45, 2.75) is 6.92 Å². The van der Waals surface area contributed by atoms with Crippen LogP contribution < -0.4 is 20.5 Å². The van der Waals surface area contributed by atoms with Crippen LogP contribution in [-0.2, 0) is 0 Å². The maximum Gasteiger partial charge on any atom is 0.261 e. The lowest BCUT2D eigenvalue weighted by atomic mass is 10.1. The molecular formula is C16H18N2O3. The molecule has 21 heavy (non-hydrogen) atoms. The summed E-state index contributed by atoms with van der Waals surface area (Å²) in [5, 5.41) is 2.84. The van der Waals surface area contributed by atoms with Gasteiger partial charge in [-0.25, -0.2) is 0 Å². The first kappa shape index (κ1) is 14.7. The van der Waals surface area contributed by atoms with E-state index in [1.807, 2.05) is 13.0 Å². The van der Waals surface area contributed by atoms with Crippen LogP contribution >= 0.6 is 0 Å². The topological polar surface area (TPSA) is 73.6 Å².